The van der Waals surface area contributed by atoms with Crippen molar-refractivity contribution in [1.82, 2.24) is 5.32 Å². The number of nitrogens with one attached hydrogen (secondary N) is 1. The lowest BCUT2D eigenvalue weighted by atomic mass is 10.0. The van der Waals surface area contributed by atoms with E-state index in [9.17, 15) is 0 Å². The summed E-state index contributed by atoms with van der Waals surface area (Å²) in [6, 6.07) is 5.12. The van der Waals surface area contributed by atoms with Crippen LogP contribution < -0.4 is 10.1 Å². The van der Waals surface area contributed by atoms with Gasteiger partial charge in [0.25, 0.3) is 0 Å². The van der Waals surface area contributed by atoms with E-state index in [1.165, 1.54) is 42.4 Å². The van der Waals surface area contributed by atoms with Crippen LogP contribution in [0.25, 0.3) is 0 Å². The molecular weight excluding hydrogens is 210 g/mol. The SMILES string of the molecule is COc1c(C)cc(C)cc1CNC1CCCC1. The number of ether oxygens (including phenoxy) is 1. The number of benzene rings is 1. The van der Waals surface area contributed by atoms with Crippen LogP contribution in [0.3, 0.4) is 0 Å². The zero-order valence-electron chi connectivity index (χ0n) is 11.2. The van der Waals surface area contributed by atoms with E-state index in [0.29, 0.717) is 6.04 Å². The molecule has 0 unspecified atom stereocenters. The molecule has 2 heteroatoms. The van der Waals surface area contributed by atoms with E-state index < -0.39 is 0 Å². The number of methoxy groups -OCH3 is 1. The molecule has 1 aliphatic carbocycles. The minimum Gasteiger partial charge on any atom is -0.496 e. The van der Waals surface area contributed by atoms with Gasteiger partial charge in [0.2, 0.25) is 0 Å². The fourth-order valence-electron chi connectivity index (χ4n) is 2.85. The Morgan fingerprint density at radius 3 is 2.59 bits per heavy atom. The van der Waals surface area contributed by atoms with Gasteiger partial charge in [-0.15, -0.1) is 0 Å². The molecule has 0 atom stereocenters. The summed E-state index contributed by atoms with van der Waals surface area (Å²) in [5.41, 5.74) is 3.83. The van der Waals surface area contributed by atoms with Gasteiger partial charge in [-0.1, -0.05) is 30.5 Å². The Hall–Kier alpha value is -1.02. The molecule has 1 aliphatic rings. The standard InChI is InChI=1S/C15H23NO/c1-11-8-12(2)15(17-3)13(9-11)10-16-14-6-4-5-7-14/h8-9,14,16H,4-7,10H2,1-3H3. The van der Waals surface area contributed by atoms with Gasteiger partial charge in [0.05, 0.1) is 7.11 Å². The Morgan fingerprint density at radius 2 is 1.94 bits per heavy atom. The second kappa shape index (κ2) is 5.54. The third-order valence-corrected chi connectivity index (χ3v) is 3.64. The first-order valence-corrected chi connectivity index (χ1v) is 6.58. The van der Waals surface area contributed by atoms with Crippen LogP contribution in [0.15, 0.2) is 12.1 Å². The summed E-state index contributed by atoms with van der Waals surface area (Å²) in [6.45, 7) is 5.19. The molecule has 1 aromatic carbocycles. The molecule has 1 N–H and O–H groups in total. The lowest BCUT2D eigenvalue weighted by molar-refractivity contribution is 0.401. The molecule has 94 valence electrons. The normalized spacial score (nSPS) is 16.4. The van der Waals surface area contributed by atoms with Gasteiger partial charge in [0.1, 0.15) is 5.75 Å². The largest absolute Gasteiger partial charge is 0.496 e. The minimum absolute atomic E-state index is 0.709. The van der Waals surface area contributed by atoms with Gasteiger partial charge in [-0.25, -0.2) is 0 Å². The Kier molecular flexibility index (Phi) is 4.06. The summed E-state index contributed by atoms with van der Waals surface area (Å²) in [6.07, 6.45) is 5.41. The van der Waals surface area contributed by atoms with Crippen LogP contribution in [0.2, 0.25) is 0 Å². The smallest absolute Gasteiger partial charge is 0.126 e. The molecule has 1 aromatic rings. The third-order valence-electron chi connectivity index (χ3n) is 3.64. The second-order valence-corrected chi connectivity index (χ2v) is 5.14. The van der Waals surface area contributed by atoms with Crippen LogP contribution in [0.1, 0.15) is 42.4 Å². The molecule has 0 aromatic heterocycles. The van der Waals surface area contributed by atoms with E-state index in [-0.39, 0.29) is 0 Å². The van der Waals surface area contributed by atoms with Crippen molar-refractivity contribution in [2.75, 3.05) is 7.11 Å². The van der Waals surface area contributed by atoms with Crippen LogP contribution in [0.4, 0.5) is 0 Å². The Bertz CT molecular complexity index is 381. The molecule has 0 saturated heterocycles. The van der Waals surface area contributed by atoms with Crippen molar-refractivity contribution in [2.45, 2.75) is 52.1 Å². The number of rotatable bonds is 4. The topological polar surface area (TPSA) is 21.3 Å². The highest BCUT2D eigenvalue weighted by molar-refractivity contribution is 5.43. The van der Waals surface area contributed by atoms with Crippen LogP contribution in [-0.2, 0) is 6.54 Å². The van der Waals surface area contributed by atoms with Crippen molar-refractivity contribution in [1.29, 1.82) is 0 Å². The fourth-order valence-corrected chi connectivity index (χ4v) is 2.85. The number of aryl methyl sites for hydroxylation is 2. The lowest BCUT2D eigenvalue weighted by Crippen LogP contribution is -2.25. The molecule has 17 heavy (non-hydrogen) atoms. The highest BCUT2D eigenvalue weighted by atomic mass is 16.5. The molecule has 1 saturated carbocycles. The number of hydrogen-bond donors (Lipinski definition) is 1. The van der Waals surface area contributed by atoms with Crippen molar-refractivity contribution in [2.24, 2.45) is 0 Å². The van der Waals surface area contributed by atoms with Crippen molar-refractivity contribution >= 4 is 0 Å². The van der Waals surface area contributed by atoms with Crippen LogP contribution in [-0.4, -0.2) is 13.2 Å². The monoisotopic (exact) mass is 233 g/mol. The Labute approximate surface area is 104 Å². The second-order valence-electron chi connectivity index (χ2n) is 5.14. The summed E-state index contributed by atoms with van der Waals surface area (Å²) < 4.78 is 5.51. The average molecular weight is 233 g/mol. The van der Waals surface area contributed by atoms with Crippen LogP contribution in [0.5, 0.6) is 5.75 Å². The molecule has 0 radical (unpaired) electrons. The predicted molar refractivity (Wildman–Crippen MR) is 71.6 cm³/mol. The number of hydrogen-bond acceptors (Lipinski definition) is 2. The van der Waals surface area contributed by atoms with E-state index in [1.54, 1.807) is 7.11 Å². The summed E-state index contributed by atoms with van der Waals surface area (Å²) in [5, 5.41) is 3.65. The quantitative estimate of drug-likeness (QED) is 0.861. The van der Waals surface area contributed by atoms with Gasteiger partial charge in [0, 0.05) is 18.2 Å². The summed E-state index contributed by atoms with van der Waals surface area (Å²) in [7, 11) is 1.76. The maximum Gasteiger partial charge on any atom is 0.126 e. The Balaban J connectivity index is 2.07. The van der Waals surface area contributed by atoms with Crippen LogP contribution in [0, 0.1) is 13.8 Å². The molecule has 0 heterocycles. The predicted octanol–water partition coefficient (Wildman–Crippen LogP) is 3.34. The molecule has 2 rings (SSSR count). The van der Waals surface area contributed by atoms with E-state index in [1.807, 2.05) is 0 Å². The van der Waals surface area contributed by atoms with E-state index in [2.05, 4.69) is 31.3 Å². The molecule has 2 nitrogen and oxygen atoms in total. The zero-order chi connectivity index (χ0) is 12.3. The molecule has 1 fully saturated rings. The lowest BCUT2D eigenvalue weighted by Gasteiger charge is -2.16. The van der Waals surface area contributed by atoms with Gasteiger partial charge >= 0.3 is 0 Å². The van der Waals surface area contributed by atoms with E-state index >= 15 is 0 Å². The van der Waals surface area contributed by atoms with Gasteiger partial charge in [-0.05, 0) is 32.3 Å². The van der Waals surface area contributed by atoms with Crippen molar-refractivity contribution in [3.63, 3.8) is 0 Å². The first-order valence-electron chi connectivity index (χ1n) is 6.58. The third kappa shape index (κ3) is 3.01. The average Bonchev–Trinajstić information content (AvgIpc) is 2.78. The summed E-state index contributed by atoms with van der Waals surface area (Å²) in [4.78, 5) is 0. The van der Waals surface area contributed by atoms with Crippen molar-refractivity contribution < 1.29 is 4.74 Å². The first kappa shape index (κ1) is 12.4. The van der Waals surface area contributed by atoms with Crippen LogP contribution >= 0.6 is 0 Å². The maximum absolute atomic E-state index is 5.51. The summed E-state index contributed by atoms with van der Waals surface area (Å²) >= 11 is 0. The summed E-state index contributed by atoms with van der Waals surface area (Å²) in [5.74, 6) is 1.04. The van der Waals surface area contributed by atoms with Crippen molar-refractivity contribution in [3.8, 4) is 5.75 Å². The van der Waals surface area contributed by atoms with E-state index in [4.69, 9.17) is 4.74 Å². The fraction of sp³-hybridized carbons (Fsp3) is 0.600. The highest BCUT2D eigenvalue weighted by Crippen LogP contribution is 2.26. The molecule has 0 amide bonds. The van der Waals surface area contributed by atoms with Gasteiger partial charge in [-0.2, -0.15) is 0 Å². The van der Waals surface area contributed by atoms with Gasteiger partial charge in [0.15, 0.2) is 0 Å². The molecule has 0 aliphatic heterocycles. The van der Waals surface area contributed by atoms with Gasteiger partial charge in [-0.3, -0.25) is 0 Å². The highest BCUT2D eigenvalue weighted by Gasteiger charge is 2.15. The molecule has 0 spiro atoms. The van der Waals surface area contributed by atoms with E-state index in [0.717, 1.165) is 12.3 Å². The maximum atomic E-state index is 5.51. The molecule has 0 bridgehead atoms. The Morgan fingerprint density at radius 1 is 1.24 bits per heavy atom. The first-order chi connectivity index (χ1) is 8.20. The van der Waals surface area contributed by atoms with Gasteiger partial charge < -0.3 is 10.1 Å². The zero-order valence-corrected chi connectivity index (χ0v) is 11.2. The molecular formula is C15H23NO. The van der Waals surface area contributed by atoms with Crippen molar-refractivity contribution in [3.05, 3.63) is 28.8 Å². The minimum atomic E-state index is 0.709.